The molecule has 3 aliphatic heterocycles. The third-order valence-corrected chi connectivity index (χ3v) is 10.3. The van der Waals surface area contributed by atoms with Gasteiger partial charge in [0.05, 0.1) is 55.4 Å². The molecule has 0 aromatic heterocycles. The summed E-state index contributed by atoms with van der Waals surface area (Å²) in [4.78, 5) is 0. The fourth-order valence-electron chi connectivity index (χ4n) is 7.58. The Morgan fingerprint density at radius 3 is 1.87 bits per heavy atom. The Morgan fingerprint density at radius 1 is 0.600 bits per heavy atom. The molecule has 0 spiro atoms. The maximum absolute atomic E-state index is 10.9. The van der Waals surface area contributed by atoms with E-state index >= 15 is 0 Å². The fraction of sp³-hybridized carbons (Fsp3) is 1.00. The average Bonchev–Trinajstić information content (AvgIpc) is 3.01. The third kappa shape index (κ3) is 7.36. The highest BCUT2D eigenvalue weighted by molar-refractivity contribution is 5.00. The molecule has 45 heavy (non-hydrogen) atoms. The molecule has 18 atom stereocenters. The Balaban J connectivity index is 1.32. The van der Waals surface area contributed by atoms with Gasteiger partial charge in [-0.2, -0.15) is 0 Å². The summed E-state index contributed by atoms with van der Waals surface area (Å²) in [6, 6.07) is 0. The largest absolute Gasteiger partial charge is 0.393 e. The molecule has 0 aromatic rings. The van der Waals surface area contributed by atoms with Crippen LogP contribution in [0.1, 0.15) is 39.0 Å². The second-order valence-corrected chi connectivity index (χ2v) is 13.2. The molecule has 0 aromatic carbocycles. The van der Waals surface area contributed by atoms with Crippen molar-refractivity contribution in [2.45, 2.75) is 149 Å². The molecule has 9 N–H and O–H groups in total. The number of hydrogen-bond donors (Lipinski definition) is 9. The molecule has 16 nitrogen and oxygen atoms in total. The van der Waals surface area contributed by atoms with Gasteiger partial charge in [0.25, 0.3) is 0 Å². The number of methoxy groups -OCH3 is 2. The van der Waals surface area contributed by atoms with E-state index in [-0.39, 0.29) is 18.8 Å². The van der Waals surface area contributed by atoms with Crippen LogP contribution in [0.3, 0.4) is 0 Å². The number of fused-ring (bicyclic) bond motifs is 1. The van der Waals surface area contributed by atoms with E-state index in [1.807, 2.05) is 0 Å². The number of aliphatic hydroxyl groups is 9. The van der Waals surface area contributed by atoms with Crippen LogP contribution in [-0.2, 0) is 33.2 Å². The number of aliphatic hydroxyl groups excluding tert-OH is 9. The summed E-state index contributed by atoms with van der Waals surface area (Å²) < 4.78 is 40.8. The van der Waals surface area contributed by atoms with Crippen molar-refractivity contribution in [3.8, 4) is 0 Å². The lowest BCUT2D eigenvalue weighted by Gasteiger charge is -2.52. The molecule has 5 aliphatic rings. The minimum Gasteiger partial charge on any atom is -0.393 e. The Morgan fingerprint density at radius 2 is 1.22 bits per heavy atom. The van der Waals surface area contributed by atoms with Crippen LogP contribution < -0.4 is 0 Å². The molecule has 0 radical (unpaired) electrons. The minimum absolute atomic E-state index is 0.168. The van der Waals surface area contributed by atoms with Crippen LogP contribution in [0.15, 0.2) is 0 Å². The van der Waals surface area contributed by atoms with Crippen molar-refractivity contribution >= 4 is 0 Å². The first-order chi connectivity index (χ1) is 21.3. The summed E-state index contributed by atoms with van der Waals surface area (Å²) in [5.41, 5.74) is 0. The van der Waals surface area contributed by atoms with E-state index in [1.165, 1.54) is 21.1 Å². The standard InChI is InChI=1S/C29H50O16/c1-10-20(32)23(35)25(37)28(42-10)41-9-19-22(34)24(36)26(38)29(45-19)44-18-8-13-14(31)6-12(30)7-15(13)43-27(18)11-4-16(39-2)21(33)17(5-11)40-3/h10-38H,4-9H2,1-3H3. The SMILES string of the molecule is COC1CC(C2OC3CC(O)CC(O)C3CC2OC2OC(COC3OC(C)C(O)C(O)C3O)C(O)C(O)C2O)CC(OC)C1O. The highest BCUT2D eigenvalue weighted by Gasteiger charge is 2.53. The molecule has 262 valence electrons. The quantitative estimate of drug-likeness (QED) is 0.121. The van der Waals surface area contributed by atoms with Gasteiger partial charge in [0.2, 0.25) is 0 Å². The normalized spacial score (nSPS) is 54.4. The van der Waals surface area contributed by atoms with E-state index in [1.54, 1.807) is 0 Å². The van der Waals surface area contributed by atoms with Crippen molar-refractivity contribution in [3.05, 3.63) is 0 Å². The first kappa shape index (κ1) is 35.7. The topological polar surface area (TPSA) is 247 Å². The minimum atomic E-state index is -1.72. The Kier molecular flexibility index (Phi) is 11.8. The van der Waals surface area contributed by atoms with Crippen molar-refractivity contribution in [1.29, 1.82) is 0 Å². The van der Waals surface area contributed by atoms with E-state index in [0.717, 1.165) is 0 Å². The summed E-state index contributed by atoms with van der Waals surface area (Å²) in [6.07, 6.45) is -18.5. The van der Waals surface area contributed by atoms with E-state index in [4.69, 9.17) is 33.2 Å². The maximum atomic E-state index is 10.9. The summed E-state index contributed by atoms with van der Waals surface area (Å²) in [6.45, 7) is 1.04. The highest BCUT2D eigenvalue weighted by Crippen LogP contribution is 2.44. The lowest BCUT2D eigenvalue weighted by Crippen LogP contribution is -2.63. The van der Waals surface area contributed by atoms with Crippen molar-refractivity contribution < 1.29 is 79.1 Å². The predicted octanol–water partition coefficient (Wildman–Crippen LogP) is -3.89. The van der Waals surface area contributed by atoms with Gasteiger partial charge in [-0.25, -0.2) is 0 Å². The molecule has 3 heterocycles. The van der Waals surface area contributed by atoms with Gasteiger partial charge in [0.1, 0.15) is 48.8 Å². The smallest absolute Gasteiger partial charge is 0.187 e. The van der Waals surface area contributed by atoms with Crippen molar-refractivity contribution in [3.63, 3.8) is 0 Å². The van der Waals surface area contributed by atoms with Crippen LogP contribution in [0.25, 0.3) is 0 Å². The van der Waals surface area contributed by atoms with Crippen LogP contribution in [0.5, 0.6) is 0 Å². The van der Waals surface area contributed by atoms with Gasteiger partial charge in [-0.05, 0) is 44.9 Å². The van der Waals surface area contributed by atoms with E-state index < -0.39 is 123 Å². The summed E-state index contributed by atoms with van der Waals surface area (Å²) in [5, 5.41) is 94.5. The molecule has 2 aliphatic carbocycles. The van der Waals surface area contributed by atoms with Gasteiger partial charge in [0.15, 0.2) is 12.6 Å². The molecular formula is C29H50O16. The van der Waals surface area contributed by atoms with Crippen LogP contribution in [0, 0.1) is 11.8 Å². The zero-order valence-electron chi connectivity index (χ0n) is 25.7. The summed E-state index contributed by atoms with van der Waals surface area (Å²) in [7, 11) is 2.98. The Labute approximate surface area is 261 Å². The molecule has 0 bridgehead atoms. The molecule has 18 unspecified atom stereocenters. The van der Waals surface area contributed by atoms with E-state index in [2.05, 4.69) is 0 Å². The molecule has 16 heteroatoms. The monoisotopic (exact) mass is 654 g/mol. The van der Waals surface area contributed by atoms with E-state index in [9.17, 15) is 46.0 Å². The second kappa shape index (κ2) is 14.9. The van der Waals surface area contributed by atoms with Crippen molar-refractivity contribution in [2.75, 3.05) is 20.8 Å². The number of hydrogen-bond acceptors (Lipinski definition) is 16. The third-order valence-electron chi connectivity index (χ3n) is 10.3. The van der Waals surface area contributed by atoms with Crippen LogP contribution in [0.4, 0.5) is 0 Å². The first-order valence-corrected chi connectivity index (χ1v) is 15.8. The van der Waals surface area contributed by atoms with Crippen LogP contribution in [-0.4, -0.2) is 177 Å². The summed E-state index contributed by atoms with van der Waals surface area (Å²) in [5.74, 6) is -0.668. The van der Waals surface area contributed by atoms with Gasteiger partial charge >= 0.3 is 0 Å². The maximum Gasteiger partial charge on any atom is 0.187 e. The number of ether oxygens (including phenoxy) is 7. The lowest BCUT2D eigenvalue weighted by atomic mass is 9.72. The van der Waals surface area contributed by atoms with E-state index in [0.29, 0.717) is 19.3 Å². The Hall–Kier alpha value is -0.640. The average molecular weight is 655 g/mol. The first-order valence-electron chi connectivity index (χ1n) is 15.8. The van der Waals surface area contributed by atoms with Gasteiger partial charge in [-0.1, -0.05) is 0 Å². The second-order valence-electron chi connectivity index (χ2n) is 13.2. The molecule has 5 fully saturated rings. The molecule has 3 saturated heterocycles. The molecule has 0 amide bonds. The molecular weight excluding hydrogens is 604 g/mol. The fourth-order valence-corrected chi connectivity index (χ4v) is 7.58. The van der Waals surface area contributed by atoms with Gasteiger partial charge in [0, 0.05) is 20.1 Å². The highest BCUT2D eigenvalue weighted by atomic mass is 16.7. The van der Waals surface area contributed by atoms with Gasteiger partial charge in [-0.3, -0.25) is 0 Å². The van der Waals surface area contributed by atoms with Gasteiger partial charge < -0.3 is 79.1 Å². The zero-order valence-corrected chi connectivity index (χ0v) is 25.7. The zero-order chi connectivity index (χ0) is 32.7. The van der Waals surface area contributed by atoms with Crippen molar-refractivity contribution in [1.82, 2.24) is 0 Å². The predicted molar refractivity (Wildman–Crippen MR) is 148 cm³/mol. The Bertz CT molecular complexity index is 932. The number of rotatable bonds is 8. The lowest BCUT2D eigenvalue weighted by molar-refractivity contribution is -0.346. The molecule has 5 rings (SSSR count). The van der Waals surface area contributed by atoms with Crippen LogP contribution in [0.2, 0.25) is 0 Å². The van der Waals surface area contributed by atoms with Crippen molar-refractivity contribution in [2.24, 2.45) is 11.8 Å². The molecule has 2 saturated carbocycles. The van der Waals surface area contributed by atoms with Crippen LogP contribution >= 0.6 is 0 Å². The van der Waals surface area contributed by atoms with Gasteiger partial charge in [-0.15, -0.1) is 0 Å². The summed E-state index contributed by atoms with van der Waals surface area (Å²) >= 11 is 0.